The molecule has 1 aliphatic carbocycles. The van der Waals surface area contributed by atoms with Gasteiger partial charge in [0.2, 0.25) is 0 Å². The number of hydrogen-bond acceptors (Lipinski definition) is 4. The van der Waals surface area contributed by atoms with E-state index in [-0.39, 0.29) is 19.0 Å². The third-order valence-corrected chi connectivity index (χ3v) is 4.37. The van der Waals surface area contributed by atoms with E-state index < -0.39 is 17.4 Å². The van der Waals surface area contributed by atoms with Gasteiger partial charge in [-0.2, -0.15) is 0 Å². The Balaban J connectivity index is 1.95. The first-order chi connectivity index (χ1) is 9.58. The lowest BCUT2D eigenvalue weighted by Crippen LogP contribution is -2.47. The molecule has 1 atom stereocenters. The van der Waals surface area contributed by atoms with Gasteiger partial charge in [-0.1, -0.05) is 12.1 Å². The Morgan fingerprint density at radius 2 is 2.15 bits per heavy atom. The van der Waals surface area contributed by atoms with E-state index in [1.807, 2.05) is 17.5 Å². The second kappa shape index (κ2) is 6.19. The molecular weight excluding hydrogens is 276 g/mol. The first kappa shape index (κ1) is 14.7. The van der Waals surface area contributed by atoms with Crippen LogP contribution in [-0.4, -0.2) is 30.0 Å². The Morgan fingerprint density at radius 1 is 1.45 bits per heavy atom. The Morgan fingerprint density at radius 3 is 2.70 bits per heavy atom. The molecular formula is C14H18N2O3S. The molecule has 0 aliphatic heterocycles. The van der Waals surface area contributed by atoms with Crippen molar-refractivity contribution in [2.45, 2.75) is 18.4 Å². The van der Waals surface area contributed by atoms with Crippen LogP contribution in [0.2, 0.25) is 0 Å². The molecule has 1 saturated carbocycles. The van der Waals surface area contributed by atoms with Crippen LogP contribution in [0.25, 0.3) is 0 Å². The Hall–Kier alpha value is -1.66. The van der Waals surface area contributed by atoms with Gasteiger partial charge in [0.1, 0.15) is 5.60 Å². The van der Waals surface area contributed by atoms with Crippen LogP contribution in [0.3, 0.4) is 0 Å². The van der Waals surface area contributed by atoms with Crippen molar-refractivity contribution in [2.75, 3.05) is 13.1 Å². The van der Waals surface area contributed by atoms with E-state index in [2.05, 4.69) is 17.2 Å². The molecule has 0 spiro atoms. The minimum Gasteiger partial charge on any atom is -0.382 e. The van der Waals surface area contributed by atoms with Crippen molar-refractivity contribution < 1.29 is 14.7 Å². The highest BCUT2D eigenvalue weighted by molar-refractivity contribution is 7.10. The molecule has 2 amide bonds. The molecule has 1 fully saturated rings. The smallest absolute Gasteiger partial charge is 0.309 e. The number of carbonyl (C=O) groups is 2. The summed E-state index contributed by atoms with van der Waals surface area (Å²) in [6.45, 7) is 3.75. The fraction of sp³-hybridized carbons (Fsp3) is 0.429. The Kier molecular flexibility index (Phi) is 4.57. The Bertz CT molecular complexity index is 497. The fourth-order valence-electron chi connectivity index (χ4n) is 2.06. The zero-order valence-corrected chi connectivity index (χ0v) is 11.9. The minimum atomic E-state index is -1.07. The predicted molar refractivity (Wildman–Crippen MR) is 77.2 cm³/mol. The van der Waals surface area contributed by atoms with Gasteiger partial charge in [-0.3, -0.25) is 9.59 Å². The van der Waals surface area contributed by atoms with Gasteiger partial charge < -0.3 is 15.7 Å². The molecule has 0 bridgehead atoms. The van der Waals surface area contributed by atoms with Gasteiger partial charge in [0, 0.05) is 11.4 Å². The molecule has 0 aromatic carbocycles. The van der Waals surface area contributed by atoms with Crippen LogP contribution >= 0.6 is 11.3 Å². The molecule has 6 heteroatoms. The number of aliphatic hydroxyl groups is 1. The molecule has 2 rings (SSSR count). The average molecular weight is 294 g/mol. The van der Waals surface area contributed by atoms with Crippen LogP contribution in [0.5, 0.6) is 0 Å². The second-order valence-electron chi connectivity index (χ2n) is 4.86. The number of carbonyl (C=O) groups excluding carboxylic acids is 2. The van der Waals surface area contributed by atoms with Crippen LogP contribution in [0, 0.1) is 5.92 Å². The van der Waals surface area contributed by atoms with Gasteiger partial charge in [0.05, 0.1) is 6.54 Å². The summed E-state index contributed by atoms with van der Waals surface area (Å²) in [6, 6.07) is 3.72. The third kappa shape index (κ3) is 3.26. The van der Waals surface area contributed by atoms with Crippen LogP contribution in [0.4, 0.5) is 0 Å². The van der Waals surface area contributed by atoms with Gasteiger partial charge in [-0.15, -0.1) is 17.9 Å². The first-order valence-electron chi connectivity index (χ1n) is 6.51. The molecule has 0 radical (unpaired) electrons. The van der Waals surface area contributed by atoms with E-state index in [1.54, 1.807) is 0 Å². The molecule has 5 nitrogen and oxygen atoms in total. The van der Waals surface area contributed by atoms with Crippen molar-refractivity contribution in [3.05, 3.63) is 35.0 Å². The lowest BCUT2D eigenvalue weighted by molar-refractivity contribution is -0.139. The molecule has 20 heavy (non-hydrogen) atoms. The topological polar surface area (TPSA) is 78.4 Å². The maximum Gasteiger partial charge on any atom is 0.309 e. The van der Waals surface area contributed by atoms with Gasteiger partial charge in [-0.25, -0.2) is 0 Å². The molecule has 1 aromatic rings. The highest BCUT2D eigenvalue weighted by atomic mass is 32.1. The zero-order chi connectivity index (χ0) is 14.6. The average Bonchev–Trinajstić information content (AvgIpc) is 3.17. The molecule has 108 valence electrons. The summed E-state index contributed by atoms with van der Waals surface area (Å²) in [4.78, 5) is 23.9. The largest absolute Gasteiger partial charge is 0.382 e. The van der Waals surface area contributed by atoms with E-state index >= 15 is 0 Å². The normalized spacial score (nSPS) is 17.1. The number of thiophene rings is 1. The van der Waals surface area contributed by atoms with E-state index in [9.17, 15) is 14.7 Å². The van der Waals surface area contributed by atoms with Crippen molar-refractivity contribution in [3.63, 3.8) is 0 Å². The van der Waals surface area contributed by atoms with Gasteiger partial charge in [0.15, 0.2) is 0 Å². The molecule has 1 aromatic heterocycles. The maximum atomic E-state index is 11.6. The number of amides is 2. The highest BCUT2D eigenvalue weighted by Gasteiger charge is 2.46. The van der Waals surface area contributed by atoms with Gasteiger partial charge in [0.25, 0.3) is 0 Å². The van der Waals surface area contributed by atoms with Crippen molar-refractivity contribution in [1.82, 2.24) is 10.6 Å². The highest BCUT2D eigenvalue weighted by Crippen LogP contribution is 2.46. The summed E-state index contributed by atoms with van der Waals surface area (Å²) in [5.41, 5.74) is -1.07. The van der Waals surface area contributed by atoms with Crippen LogP contribution in [0.15, 0.2) is 30.2 Å². The summed E-state index contributed by atoms with van der Waals surface area (Å²) in [7, 11) is 0. The van der Waals surface area contributed by atoms with Gasteiger partial charge in [-0.05, 0) is 30.2 Å². The van der Waals surface area contributed by atoms with Crippen molar-refractivity contribution in [2.24, 2.45) is 5.92 Å². The van der Waals surface area contributed by atoms with Crippen LogP contribution < -0.4 is 10.6 Å². The maximum absolute atomic E-state index is 11.6. The molecule has 1 heterocycles. The SMILES string of the molecule is C=CCNC(=O)C(=O)NCC(O)(c1cccs1)C1CC1. The predicted octanol–water partition coefficient (Wildman–Crippen LogP) is 0.764. The third-order valence-electron chi connectivity index (χ3n) is 3.33. The quantitative estimate of drug-likeness (QED) is 0.535. The van der Waals surface area contributed by atoms with E-state index in [0.29, 0.717) is 0 Å². The van der Waals surface area contributed by atoms with Crippen LogP contribution in [0.1, 0.15) is 17.7 Å². The molecule has 3 N–H and O–H groups in total. The van der Waals surface area contributed by atoms with Crippen molar-refractivity contribution >= 4 is 23.2 Å². The lowest BCUT2D eigenvalue weighted by Gasteiger charge is -2.27. The molecule has 0 saturated heterocycles. The van der Waals surface area contributed by atoms with E-state index in [1.165, 1.54) is 17.4 Å². The summed E-state index contributed by atoms with van der Waals surface area (Å²) in [6.07, 6.45) is 3.37. The van der Waals surface area contributed by atoms with Crippen molar-refractivity contribution in [1.29, 1.82) is 0 Å². The minimum absolute atomic E-state index is 0.0541. The van der Waals surface area contributed by atoms with Gasteiger partial charge >= 0.3 is 11.8 Å². The summed E-state index contributed by atoms with van der Waals surface area (Å²) >= 11 is 1.46. The Labute approximate surface area is 121 Å². The van der Waals surface area contributed by atoms with E-state index in [4.69, 9.17) is 0 Å². The number of hydrogen-bond donors (Lipinski definition) is 3. The number of nitrogens with one attached hydrogen (secondary N) is 2. The fourth-order valence-corrected chi connectivity index (χ4v) is 2.96. The summed E-state index contributed by atoms with van der Waals surface area (Å²) < 4.78 is 0. The summed E-state index contributed by atoms with van der Waals surface area (Å²) in [5, 5.41) is 17.6. The standard InChI is InChI=1S/C14H18N2O3S/c1-2-7-15-12(17)13(18)16-9-14(19,10-5-6-10)11-4-3-8-20-11/h2-4,8,10,19H,1,5-7,9H2,(H,15,17)(H,16,18). The molecule has 1 unspecified atom stereocenters. The number of rotatable bonds is 6. The summed E-state index contributed by atoms with van der Waals surface area (Å²) in [5.74, 6) is -1.30. The zero-order valence-electron chi connectivity index (χ0n) is 11.1. The first-order valence-corrected chi connectivity index (χ1v) is 7.39. The lowest BCUT2D eigenvalue weighted by atomic mass is 9.95. The van der Waals surface area contributed by atoms with E-state index in [0.717, 1.165) is 17.7 Å². The second-order valence-corrected chi connectivity index (χ2v) is 5.80. The van der Waals surface area contributed by atoms with Crippen molar-refractivity contribution in [3.8, 4) is 0 Å². The van der Waals surface area contributed by atoms with Crippen LogP contribution in [-0.2, 0) is 15.2 Å². The molecule has 1 aliphatic rings. The monoisotopic (exact) mass is 294 g/mol.